The van der Waals surface area contributed by atoms with Crippen molar-refractivity contribution in [3.63, 3.8) is 0 Å². The number of carboxylic acids is 1. The Labute approximate surface area is 99.5 Å². The maximum absolute atomic E-state index is 12.6. The van der Waals surface area contributed by atoms with Crippen LogP contribution in [0.3, 0.4) is 0 Å². The van der Waals surface area contributed by atoms with E-state index < -0.39 is 17.7 Å². The standard InChI is InChI=1S/C9H11F3N2O2S/c1-5-13-3-6(17-5)4-14-8(2,7(15)16)9(10,11)12/h3,14H,4H2,1-2H3,(H,15,16). The first-order chi connectivity index (χ1) is 7.67. The highest BCUT2D eigenvalue weighted by atomic mass is 32.1. The molecule has 0 fully saturated rings. The summed E-state index contributed by atoms with van der Waals surface area (Å²) in [6.07, 6.45) is -3.44. The van der Waals surface area contributed by atoms with Crippen molar-refractivity contribution in [1.82, 2.24) is 10.3 Å². The second kappa shape index (κ2) is 4.61. The zero-order valence-electron chi connectivity index (χ0n) is 9.13. The number of nitrogens with one attached hydrogen (secondary N) is 1. The fourth-order valence-electron chi connectivity index (χ4n) is 1.05. The molecule has 1 unspecified atom stereocenters. The van der Waals surface area contributed by atoms with Crippen molar-refractivity contribution in [3.8, 4) is 0 Å². The molecular weight excluding hydrogens is 257 g/mol. The van der Waals surface area contributed by atoms with Crippen molar-refractivity contribution in [2.24, 2.45) is 0 Å². The van der Waals surface area contributed by atoms with E-state index in [1.807, 2.05) is 5.32 Å². The van der Waals surface area contributed by atoms with Gasteiger partial charge in [0.2, 0.25) is 5.54 Å². The van der Waals surface area contributed by atoms with E-state index in [9.17, 15) is 18.0 Å². The number of aliphatic carboxylic acids is 1. The fourth-order valence-corrected chi connectivity index (χ4v) is 1.78. The Kier molecular flexibility index (Phi) is 3.78. The molecule has 0 spiro atoms. The molecule has 0 aromatic carbocycles. The quantitative estimate of drug-likeness (QED) is 0.876. The molecule has 1 rings (SSSR count). The van der Waals surface area contributed by atoms with Crippen LogP contribution in [0.2, 0.25) is 0 Å². The van der Waals surface area contributed by atoms with Gasteiger partial charge in [-0.3, -0.25) is 5.32 Å². The number of hydrogen-bond donors (Lipinski definition) is 2. The van der Waals surface area contributed by atoms with Gasteiger partial charge in [0.25, 0.3) is 0 Å². The Balaban J connectivity index is 2.79. The molecule has 0 saturated heterocycles. The fraction of sp³-hybridized carbons (Fsp3) is 0.556. The zero-order chi connectivity index (χ0) is 13.3. The number of aromatic nitrogens is 1. The third-order valence-electron chi connectivity index (χ3n) is 2.28. The van der Waals surface area contributed by atoms with Crippen LogP contribution in [0.1, 0.15) is 16.8 Å². The van der Waals surface area contributed by atoms with E-state index in [-0.39, 0.29) is 6.54 Å². The van der Waals surface area contributed by atoms with Gasteiger partial charge in [0.05, 0.1) is 5.01 Å². The largest absolute Gasteiger partial charge is 0.480 e. The maximum atomic E-state index is 12.6. The van der Waals surface area contributed by atoms with Gasteiger partial charge in [0.1, 0.15) is 0 Å². The average molecular weight is 268 g/mol. The first kappa shape index (κ1) is 13.9. The number of hydrogen-bond acceptors (Lipinski definition) is 4. The molecule has 0 aliphatic rings. The second-order valence-electron chi connectivity index (χ2n) is 3.63. The molecule has 1 aromatic rings. The van der Waals surface area contributed by atoms with Gasteiger partial charge < -0.3 is 5.11 Å². The third kappa shape index (κ3) is 2.95. The second-order valence-corrected chi connectivity index (χ2v) is 4.95. The Morgan fingerprint density at radius 2 is 2.18 bits per heavy atom. The average Bonchev–Trinajstić information content (AvgIpc) is 2.58. The lowest BCUT2D eigenvalue weighted by atomic mass is 10.0. The summed E-state index contributed by atoms with van der Waals surface area (Å²) in [4.78, 5) is 15.1. The Hall–Kier alpha value is -1.15. The van der Waals surface area contributed by atoms with Crippen molar-refractivity contribution in [2.45, 2.75) is 32.1 Å². The maximum Gasteiger partial charge on any atom is 0.417 e. The highest BCUT2D eigenvalue weighted by Gasteiger charge is 2.57. The van der Waals surface area contributed by atoms with Gasteiger partial charge >= 0.3 is 12.1 Å². The summed E-state index contributed by atoms with van der Waals surface area (Å²) in [6, 6.07) is 0. The van der Waals surface area contributed by atoms with Crippen LogP contribution in [0.4, 0.5) is 13.2 Å². The van der Waals surface area contributed by atoms with Gasteiger partial charge in [0, 0.05) is 17.6 Å². The first-order valence-corrected chi connectivity index (χ1v) is 5.45. The van der Waals surface area contributed by atoms with E-state index in [2.05, 4.69) is 4.98 Å². The van der Waals surface area contributed by atoms with Crippen LogP contribution in [0.5, 0.6) is 0 Å². The van der Waals surface area contributed by atoms with E-state index in [0.717, 1.165) is 0 Å². The lowest BCUT2D eigenvalue weighted by Crippen LogP contribution is -2.59. The topological polar surface area (TPSA) is 62.2 Å². The van der Waals surface area contributed by atoms with Gasteiger partial charge in [-0.2, -0.15) is 13.2 Å². The number of halogens is 3. The van der Waals surface area contributed by atoms with Crippen molar-refractivity contribution >= 4 is 17.3 Å². The van der Waals surface area contributed by atoms with Gasteiger partial charge in [-0.05, 0) is 13.8 Å². The summed E-state index contributed by atoms with van der Waals surface area (Å²) in [5.41, 5.74) is -2.95. The van der Waals surface area contributed by atoms with E-state index in [4.69, 9.17) is 5.11 Å². The number of aryl methyl sites for hydroxylation is 1. The molecule has 17 heavy (non-hydrogen) atoms. The summed E-state index contributed by atoms with van der Waals surface area (Å²) >= 11 is 1.22. The third-order valence-corrected chi connectivity index (χ3v) is 3.19. The van der Waals surface area contributed by atoms with Crippen LogP contribution in [0.25, 0.3) is 0 Å². The lowest BCUT2D eigenvalue weighted by Gasteiger charge is -2.28. The highest BCUT2D eigenvalue weighted by molar-refractivity contribution is 7.11. The summed E-state index contributed by atoms with van der Waals surface area (Å²) in [7, 11) is 0. The van der Waals surface area contributed by atoms with Crippen molar-refractivity contribution in [3.05, 3.63) is 16.1 Å². The zero-order valence-corrected chi connectivity index (χ0v) is 9.95. The van der Waals surface area contributed by atoms with Crippen LogP contribution in [-0.2, 0) is 11.3 Å². The molecule has 2 N–H and O–H groups in total. The summed E-state index contributed by atoms with van der Waals surface area (Å²) in [5, 5.41) is 11.4. The van der Waals surface area contributed by atoms with E-state index in [1.165, 1.54) is 17.5 Å². The number of nitrogens with zero attached hydrogens (tertiary/aromatic N) is 1. The Morgan fingerprint density at radius 3 is 2.53 bits per heavy atom. The molecule has 0 radical (unpaired) electrons. The summed E-state index contributed by atoms with van der Waals surface area (Å²) in [6.45, 7) is 2.13. The summed E-state index contributed by atoms with van der Waals surface area (Å²) < 4.78 is 37.8. The molecule has 0 amide bonds. The Morgan fingerprint density at radius 1 is 1.59 bits per heavy atom. The minimum Gasteiger partial charge on any atom is -0.480 e. The van der Waals surface area contributed by atoms with Crippen LogP contribution < -0.4 is 5.32 Å². The summed E-state index contributed by atoms with van der Waals surface area (Å²) in [5.74, 6) is -1.95. The minimum atomic E-state index is -4.86. The molecule has 0 bridgehead atoms. The van der Waals surface area contributed by atoms with Crippen LogP contribution >= 0.6 is 11.3 Å². The molecule has 96 valence electrons. The Bertz CT molecular complexity index is 419. The molecular formula is C9H11F3N2O2S. The predicted octanol–water partition coefficient (Wildman–Crippen LogP) is 1.95. The number of carboxylic acid groups (broad SMARTS) is 1. The highest BCUT2D eigenvalue weighted by Crippen LogP contribution is 2.30. The molecule has 1 atom stereocenters. The van der Waals surface area contributed by atoms with Gasteiger partial charge in [-0.15, -0.1) is 11.3 Å². The normalized spacial score (nSPS) is 15.6. The minimum absolute atomic E-state index is 0.187. The predicted molar refractivity (Wildman–Crippen MR) is 55.8 cm³/mol. The van der Waals surface area contributed by atoms with Crippen LogP contribution in [0, 0.1) is 6.92 Å². The van der Waals surface area contributed by atoms with Crippen LogP contribution in [0.15, 0.2) is 6.20 Å². The molecule has 1 aromatic heterocycles. The lowest BCUT2D eigenvalue weighted by molar-refractivity contribution is -0.206. The van der Waals surface area contributed by atoms with E-state index in [1.54, 1.807) is 6.92 Å². The number of rotatable bonds is 4. The van der Waals surface area contributed by atoms with Crippen molar-refractivity contribution in [1.29, 1.82) is 0 Å². The SMILES string of the molecule is Cc1ncc(CNC(C)(C(=O)O)C(F)(F)F)s1. The monoisotopic (exact) mass is 268 g/mol. The van der Waals surface area contributed by atoms with E-state index in [0.29, 0.717) is 16.8 Å². The molecule has 4 nitrogen and oxygen atoms in total. The van der Waals surface area contributed by atoms with E-state index >= 15 is 0 Å². The molecule has 0 aliphatic heterocycles. The van der Waals surface area contributed by atoms with Gasteiger partial charge in [-0.25, -0.2) is 9.78 Å². The molecule has 0 aliphatic carbocycles. The smallest absolute Gasteiger partial charge is 0.417 e. The number of carbonyl (C=O) groups is 1. The first-order valence-electron chi connectivity index (χ1n) is 4.63. The number of thiazole rings is 1. The van der Waals surface area contributed by atoms with Gasteiger partial charge in [0.15, 0.2) is 0 Å². The van der Waals surface area contributed by atoms with Crippen molar-refractivity contribution < 1.29 is 23.1 Å². The molecule has 8 heteroatoms. The molecule has 0 saturated carbocycles. The van der Waals surface area contributed by atoms with Crippen molar-refractivity contribution in [2.75, 3.05) is 0 Å². The van der Waals surface area contributed by atoms with Crippen LogP contribution in [-0.4, -0.2) is 27.8 Å². The molecule has 1 heterocycles. The van der Waals surface area contributed by atoms with Gasteiger partial charge in [-0.1, -0.05) is 0 Å². The number of alkyl halides is 3.